The highest BCUT2D eigenvalue weighted by Gasteiger charge is 2.27. The minimum Gasteiger partial charge on any atom is -0.365 e. The van der Waals surface area contributed by atoms with Gasteiger partial charge in [0.2, 0.25) is 5.82 Å². The summed E-state index contributed by atoms with van der Waals surface area (Å²) in [6.07, 6.45) is 1.46. The molecule has 0 saturated heterocycles. The number of halogens is 2. The molecule has 28 heavy (non-hydrogen) atoms. The van der Waals surface area contributed by atoms with E-state index in [1.54, 1.807) is 18.5 Å². The van der Waals surface area contributed by atoms with Gasteiger partial charge in [-0.25, -0.2) is 9.37 Å². The fourth-order valence-electron chi connectivity index (χ4n) is 3.29. The maximum absolute atomic E-state index is 13.5. The Balaban J connectivity index is 1.44. The third kappa shape index (κ3) is 2.98. The van der Waals surface area contributed by atoms with Crippen LogP contribution in [0.5, 0.6) is 0 Å². The Kier molecular flexibility index (Phi) is 4.18. The van der Waals surface area contributed by atoms with Crippen LogP contribution in [0.25, 0.3) is 23.0 Å². The van der Waals surface area contributed by atoms with E-state index in [1.807, 2.05) is 28.8 Å². The average Bonchev–Trinajstić information content (AvgIpc) is 3.34. The van der Waals surface area contributed by atoms with Gasteiger partial charge in [-0.2, -0.15) is 4.98 Å². The molecule has 6 nitrogen and oxygen atoms in total. The normalized spacial score (nSPS) is 16.1. The fourth-order valence-corrected chi connectivity index (χ4v) is 3.51. The van der Waals surface area contributed by atoms with Crippen LogP contribution in [0.3, 0.4) is 0 Å². The molecule has 8 heteroatoms. The topological polar surface area (TPSA) is 66.0 Å². The Morgan fingerprint density at radius 1 is 1.14 bits per heavy atom. The maximum atomic E-state index is 13.5. The van der Waals surface area contributed by atoms with E-state index in [1.165, 1.54) is 12.1 Å². The molecule has 0 spiro atoms. The van der Waals surface area contributed by atoms with Crippen molar-refractivity contribution in [3.05, 3.63) is 77.0 Å². The van der Waals surface area contributed by atoms with Crippen molar-refractivity contribution in [2.75, 3.05) is 0 Å². The highest BCUT2D eigenvalue weighted by atomic mass is 35.5. The second-order valence-corrected chi connectivity index (χ2v) is 6.86. The Bertz CT molecular complexity index is 1160. The van der Waals surface area contributed by atoms with Gasteiger partial charge in [-0.05, 0) is 29.8 Å². The highest BCUT2D eigenvalue weighted by Crippen LogP contribution is 2.33. The van der Waals surface area contributed by atoms with Crippen LogP contribution in [-0.4, -0.2) is 19.7 Å². The van der Waals surface area contributed by atoms with E-state index in [0.29, 0.717) is 41.1 Å². The highest BCUT2D eigenvalue weighted by molar-refractivity contribution is 6.33. The van der Waals surface area contributed by atoms with Crippen LogP contribution in [0.2, 0.25) is 5.02 Å². The van der Waals surface area contributed by atoms with Crippen LogP contribution in [0, 0.1) is 5.82 Å². The molecule has 0 N–H and O–H groups in total. The van der Waals surface area contributed by atoms with Crippen LogP contribution < -0.4 is 0 Å². The smallest absolute Gasteiger partial charge is 0.278 e. The summed E-state index contributed by atoms with van der Waals surface area (Å²) in [6.45, 7) is 0.831. The number of hydrogen-bond acceptors (Lipinski definition) is 5. The molecule has 1 unspecified atom stereocenters. The summed E-state index contributed by atoms with van der Waals surface area (Å²) in [5.41, 5.74) is 2.89. The largest absolute Gasteiger partial charge is 0.365 e. The molecule has 0 saturated carbocycles. The zero-order valence-corrected chi connectivity index (χ0v) is 15.3. The summed E-state index contributed by atoms with van der Waals surface area (Å²) < 4.78 is 26.8. The van der Waals surface area contributed by atoms with Gasteiger partial charge in [0.05, 0.1) is 30.2 Å². The molecule has 3 heterocycles. The van der Waals surface area contributed by atoms with Crippen molar-refractivity contribution in [1.82, 2.24) is 19.7 Å². The first-order chi connectivity index (χ1) is 13.7. The molecule has 4 aromatic rings. The second-order valence-electron chi connectivity index (χ2n) is 6.45. The van der Waals surface area contributed by atoms with Crippen LogP contribution in [0.15, 0.2) is 59.4 Å². The molecular weight excluding hydrogens is 383 g/mol. The number of benzene rings is 2. The minimum atomic E-state index is -0.281. The third-order valence-electron chi connectivity index (χ3n) is 4.69. The number of rotatable bonds is 3. The predicted molar refractivity (Wildman–Crippen MR) is 99.9 cm³/mol. The van der Waals surface area contributed by atoms with E-state index in [2.05, 4.69) is 15.1 Å². The lowest BCUT2D eigenvalue weighted by Crippen LogP contribution is -2.20. The van der Waals surface area contributed by atoms with Crippen molar-refractivity contribution >= 4 is 11.6 Å². The first kappa shape index (κ1) is 17.1. The van der Waals surface area contributed by atoms with Crippen LogP contribution in [0.1, 0.15) is 17.4 Å². The van der Waals surface area contributed by atoms with Crippen LogP contribution in [-0.2, 0) is 17.9 Å². The molecule has 0 aliphatic carbocycles. The molecule has 0 radical (unpaired) electrons. The van der Waals surface area contributed by atoms with E-state index in [-0.39, 0.29) is 11.9 Å². The summed E-state index contributed by atoms with van der Waals surface area (Å²) >= 11 is 6.21. The van der Waals surface area contributed by atoms with Crippen molar-refractivity contribution in [2.45, 2.75) is 19.3 Å². The monoisotopic (exact) mass is 396 g/mol. The summed E-state index contributed by atoms with van der Waals surface area (Å²) in [5.74, 6) is 0.421. The van der Waals surface area contributed by atoms with Gasteiger partial charge in [0.1, 0.15) is 11.9 Å². The second kappa shape index (κ2) is 6.85. The van der Waals surface area contributed by atoms with Gasteiger partial charge in [-0.1, -0.05) is 41.0 Å². The lowest BCUT2D eigenvalue weighted by atomic mass is 10.1. The van der Waals surface area contributed by atoms with Crippen LogP contribution in [0.4, 0.5) is 4.39 Å². The Labute approximate surface area is 164 Å². The van der Waals surface area contributed by atoms with E-state index in [0.717, 1.165) is 11.3 Å². The van der Waals surface area contributed by atoms with Crippen molar-refractivity contribution in [2.24, 2.45) is 0 Å². The zero-order valence-electron chi connectivity index (χ0n) is 14.5. The lowest BCUT2D eigenvalue weighted by molar-refractivity contribution is 0.00314. The molecule has 5 rings (SSSR count). The number of aromatic nitrogens is 4. The predicted octanol–water partition coefficient (Wildman–Crippen LogP) is 4.66. The summed E-state index contributed by atoms with van der Waals surface area (Å²) in [4.78, 5) is 8.86. The molecule has 2 aromatic heterocycles. The van der Waals surface area contributed by atoms with Gasteiger partial charge in [0.25, 0.3) is 5.89 Å². The molecule has 1 aliphatic heterocycles. The molecule has 0 amide bonds. The van der Waals surface area contributed by atoms with Gasteiger partial charge in [0, 0.05) is 5.56 Å². The summed E-state index contributed by atoms with van der Waals surface area (Å²) in [6, 6.07) is 13.7. The van der Waals surface area contributed by atoms with Crippen molar-refractivity contribution in [1.29, 1.82) is 0 Å². The number of fused-ring (bicyclic) bond motifs is 1. The zero-order chi connectivity index (χ0) is 19.1. The first-order valence-corrected chi connectivity index (χ1v) is 9.07. The van der Waals surface area contributed by atoms with Gasteiger partial charge < -0.3 is 13.8 Å². The van der Waals surface area contributed by atoms with E-state index in [9.17, 15) is 4.39 Å². The summed E-state index contributed by atoms with van der Waals surface area (Å²) in [5, 5.41) is 4.57. The van der Waals surface area contributed by atoms with E-state index in [4.69, 9.17) is 20.9 Å². The van der Waals surface area contributed by atoms with Crippen molar-refractivity contribution < 1.29 is 13.7 Å². The molecular formula is C20H14ClFN4O2. The third-order valence-corrected chi connectivity index (χ3v) is 5.02. The number of ether oxygens (including phenoxy) is 1. The van der Waals surface area contributed by atoms with E-state index < -0.39 is 0 Å². The molecule has 140 valence electrons. The molecule has 1 aliphatic rings. The standard InChI is InChI=1S/C20H14ClFN4O2/c21-15-7-2-1-6-14(15)19-24-20(28-25-19)18-16-10-27-17(9-26(16)11-23-18)12-4-3-5-13(22)8-12/h1-8,11,17H,9-10H2. The Morgan fingerprint density at radius 3 is 2.89 bits per heavy atom. The quantitative estimate of drug-likeness (QED) is 0.503. The van der Waals surface area contributed by atoms with E-state index >= 15 is 0 Å². The number of hydrogen-bond donors (Lipinski definition) is 0. The fraction of sp³-hybridized carbons (Fsp3) is 0.150. The van der Waals surface area contributed by atoms with Crippen LogP contribution >= 0.6 is 11.6 Å². The molecule has 1 atom stereocenters. The number of imidazole rings is 1. The summed E-state index contributed by atoms with van der Waals surface area (Å²) in [7, 11) is 0. The Hall–Kier alpha value is -3.03. The Morgan fingerprint density at radius 2 is 2.04 bits per heavy atom. The first-order valence-electron chi connectivity index (χ1n) is 8.69. The van der Waals surface area contributed by atoms with Gasteiger partial charge >= 0.3 is 0 Å². The minimum absolute atomic E-state index is 0.244. The number of nitrogens with zero attached hydrogens (tertiary/aromatic N) is 4. The van der Waals surface area contributed by atoms with Crippen molar-refractivity contribution in [3.63, 3.8) is 0 Å². The maximum Gasteiger partial charge on any atom is 0.278 e. The molecule has 0 fully saturated rings. The molecule has 2 aromatic carbocycles. The SMILES string of the molecule is Fc1cccc(C2Cn3cnc(-c4nc(-c5ccccc5Cl)no4)c3CO2)c1. The van der Waals surface area contributed by atoms with Gasteiger partial charge in [-0.3, -0.25) is 0 Å². The lowest BCUT2D eigenvalue weighted by Gasteiger charge is -2.25. The molecule has 0 bridgehead atoms. The average molecular weight is 397 g/mol. The van der Waals surface area contributed by atoms with Gasteiger partial charge in [-0.15, -0.1) is 0 Å². The van der Waals surface area contributed by atoms with Gasteiger partial charge in [0.15, 0.2) is 5.69 Å². The van der Waals surface area contributed by atoms with Crippen molar-refractivity contribution in [3.8, 4) is 23.0 Å².